The Kier molecular flexibility index (Phi) is 3.88. The van der Waals surface area contributed by atoms with E-state index in [0.29, 0.717) is 5.88 Å². The van der Waals surface area contributed by atoms with Gasteiger partial charge in [-0.1, -0.05) is 30.3 Å². The van der Waals surface area contributed by atoms with E-state index in [2.05, 4.69) is 22.4 Å². The normalized spacial score (nSPS) is 12.4. The van der Waals surface area contributed by atoms with Crippen molar-refractivity contribution in [3.05, 3.63) is 60.5 Å². The standard InChI is InChI=1S/C16H15ClN2O/c17-11-13(10-12-4-2-1-3-5-12)19-16-14-7-9-20-15(14)6-8-18-16/h1-9,13H,10-11H2,(H,18,19). The summed E-state index contributed by atoms with van der Waals surface area (Å²) in [6, 6.07) is 14.2. The third-order valence-electron chi connectivity index (χ3n) is 3.23. The highest BCUT2D eigenvalue weighted by molar-refractivity contribution is 6.18. The van der Waals surface area contributed by atoms with E-state index in [1.54, 1.807) is 12.5 Å². The van der Waals surface area contributed by atoms with Crippen LogP contribution in [0.25, 0.3) is 11.0 Å². The minimum absolute atomic E-state index is 0.132. The Hall–Kier alpha value is -2.00. The number of aromatic nitrogens is 1. The molecule has 0 aliphatic rings. The molecule has 3 nitrogen and oxygen atoms in total. The van der Waals surface area contributed by atoms with E-state index < -0.39 is 0 Å². The molecule has 1 aromatic carbocycles. The number of furan rings is 1. The van der Waals surface area contributed by atoms with Gasteiger partial charge in [0.15, 0.2) is 0 Å². The summed E-state index contributed by atoms with van der Waals surface area (Å²) < 4.78 is 5.38. The summed E-state index contributed by atoms with van der Waals surface area (Å²) in [5.41, 5.74) is 2.08. The average molecular weight is 287 g/mol. The topological polar surface area (TPSA) is 38.1 Å². The fourth-order valence-electron chi connectivity index (χ4n) is 2.25. The van der Waals surface area contributed by atoms with Gasteiger partial charge >= 0.3 is 0 Å². The molecule has 3 aromatic rings. The molecule has 4 heteroatoms. The zero-order valence-electron chi connectivity index (χ0n) is 10.9. The summed E-state index contributed by atoms with van der Waals surface area (Å²) in [6.45, 7) is 0. The van der Waals surface area contributed by atoms with Crippen LogP contribution in [-0.4, -0.2) is 16.9 Å². The van der Waals surface area contributed by atoms with E-state index in [1.807, 2.05) is 30.3 Å². The van der Waals surface area contributed by atoms with Crippen LogP contribution < -0.4 is 5.32 Å². The maximum Gasteiger partial charge on any atom is 0.139 e. The number of hydrogen-bond donors (Lipinski definition) is 1. The summed E-state index contributed by atoms with van der Waals surface area (Å²) in [5.74, 6) is 1.34. The highest BCUT2D eigenvalue weighted by Gasteiger charge is 2.12. The van der Waals surface area contributed by atoms with Crippen LogP contribution in [0.5, 0.6) is 0 Å². The molecule has 1 unspecified atom stereocenters. The predicted molar refractivity (Wildman–Crippen MR) is 82.3 cm³/mol. The molecule has 0 fully saturated rings. The first-order valence-corrected chi connectivity index (χ1v) is 7.09. The van der Waals surface area contributed by atoms with Gasteiger partial charge in [-0.2, -0.15) is 0 Å². The molecule has 20 heavy (non-hydrogen) atoms. The summed E-state index contributed by atoms with van der Waals surface area (Å²) >= 11 is 6.08. The molecule has 0 spiro atoms. The van der Waals surface area contributed by atoms with Gasteiger partial charge in [-0.3, -0.25) is 0 Å². The predicted octanol–water partition coefficient (Wildman–Crippen LogP) is 4.09. The molecule has 2 heterocycles. The fourth-order valence-corrected chi connectivity index (χ4v) is 2.43. The molecule has 0 amide bonds. The number of hydrogen-bond acceptors (Lipinski definition) is 3. The zero-order valence-corrected chi connectivity index (χ0v) is 11.7. The third-order valence-corrected chi connectivity index (χ3v) is 3.60. The molecule has 0 aliphatic heterocycles. The van der Waals surface area contributed by atoms with Gasteiger partial charge in [0.2, 0.25) is 0 Å². The number of halogens is 1. The van der Waals surface area contributed by atoms with Crippen LogP contribution in [0, 0.1) is 0 Å². The van der Waals surface area contributed by atoms with Crippen molar-refractivity contribution in [1.29, 1.82) is 0 Å². The smallest absolute Gasteiger partial charge is 0.139 e. The number of pyridine rings is 1. The van der Waals surface area contributed by atoms with Gasteiger partial charge in [0.25, 0.3) is 0 Å². The molecule has 0 saturated heterocycles. The SMILES string of the molecule is ClCC(Cc1ccccc1)Nc1nccc2occc12. The van der Waals surface area contributed by atoms with Crippen LogP contribution in [0.4, 0.5) is 5.82 Å². The van der Waals surface area contributed by atoms with Gasteiger partial charge in [-0.15, -0.1) is 11.6 Å². The van der Waals surface area contributed by atoms with Crippen LogP contribution in [-0.2, 0) is 6.42 Å². The van der Waals surface area contributed by atoms with Crippen LogP contribution in [0.15, 0.2) is 59.3 Å². The lowest BCUT2D eigenvalue weighted by Crippen LogP contribution is -2.24. The van der Waals surface area contributed by atoms with Crippen molar-refractivity contribution in [2.45, 2.75) is 12.5 Å². The molecule has 0 aliphatic carbocycles. The maximum atomic E-state index is 6.08. The Balaban J connectivity index is 1.79. The molecule has 0 saturated carbocycles. The number of alkyl halides is 1. The number of nitrogens with zero attached hydrogens (tertiary/aromatic N) is 1. The van der Waals surface area contributed by atoms with E-state index in [0.717, 1.165) is 23.2 Å². The summed E-state index contributed by atoms with van der Waals surface area (Å²) in [4.78, 5) is 4.38. The lowest BCUT2D eigenvalue weighted by Gasteiger charge is -2.17. The first-order valence-electron chi connectivity index (χ1n) is 6.55. The van der Waals surface area contributed by atoms with Crippen molar-refractivity contribution in [2.75, 3.05) is 11.2 Å². The number of nitrogens with one attached hydrogen (secondary N) is 1. The number of anilines is 1. The molecule has 1 N–H and O–H groups in total. The third kappa shape index (κ3) is 2.78. The Morgan fingerprint density at radius 1 is 1.15 bits per heavy atom. The van der Waals surface area contributed by atoms with Gasteiger partial charge in [0, 0.05) is 18.1 Å². The Labute approximate surface area is 122 Å². The fraction of sp³-hybridized carbons (Fsp3) is 0.188. The highest BCUT2D eigenvalue weighted by Crippen LogP contribution is 2.23. The Morgan fingerprint density at radius 2 is 2.00 bits per heavy atom. The van der Waals surface area contributed by atoms with Gasteiger partial charge < -0.3 is 9.73 Å². The molecule has 3 rings (SSSR count). The minimum Gasteiger partial charge on any atom is -0.464 e. The van der Waals surface area contributed by atoms with Crippen molar-refractivity contribution in [3.63, 3.8) is 0 Å². The van der Waals surface area contributed by atoms with Gasteiger partial charge in [-0.05, 0) is 24.1 Å². The van der Waals surface area contributed by atoms with Gasteiger partial charge in [0.05, 0.1) is 11.6 Å². The lowest BCUT2D eigenvalue weighted by molar-refractivity contribution is 0.615. The second kappa shape index (κ2) is 5.97. The summed E-state index contributed by atoms with van der Waals surface area (Å²) in [7, 11) is 0. The number of fused-ring (bicyclic) bond motifs is 1. The molecular weight excluding hydrogens is 272 g/mol. The van der Waals surface area contributed by atoms with E-state index >= 15 is 0 Å². The van der Waals surface area contributed by atoms with Gasteiger partial charge in [-0.25, -0.2) is 4.98 Å². The van der Waals surface area contributed by atoms with Gasteiger partial charge in [0.1, 0.15) is 11.4 Å². The average Bonchev–Trinajstić information content (AvgIpc) is 2.97. The summed E-state index contributed by atoms with van der Waals surface area (Å²) in [5, 5.41) is 4.39. The van der Waals surface area contributed by atoms with Crippen LogP contribution >= 0.6 is 11.6 Å². The van der Waals surface area contributed by atoms with E-state index in [1.165, 1.54) is 5.56 Å². The Bertz CT molecular complexity index is 681. The van der Waals surface area contributed by atoms with Crippen molar-refractivity contribution >= 4 is 28.4 Å². The van der Waals surface area contributed by atoms with Crippen molar-refractivity contribution < 1.29 is 4.42 Å². The second-order valence-electron chi connectivity index (χ2n) is 4.68. The quantitative estimate of drug-likeness (QED) is 0.718. The largest absolute Gasteiger partial charge is 0.464 e. The molecule has 102 valence electrons. The van der Waals surface area contributed by atoms with E-state index in [9.17, 15) is 0 Å². The molecule has 1 atom stereocenters. The van der Waals surface area contributed by atoms with Crippen molar-refractivity contribution in [3.8, 4) is 0 Å². The summed E-state index contributed by atoms with van der Waals surface area (Å²) in [6.07, 6.45) is 4.27. The highest BCUT2D eigenvalue weighted by atomic mass is 35.5. The molecular formula is C16H15ClN2O. The van der Waals surface area contributed by atoms with Crippen molar-refractivity contribution in [1.82, 2.24) is 4.98 Å². The maximum absolute atomic E-state index is 6.08. The van der Waals surface area contributed by atoms with E-state index in [-0.39, 0.29) is 6.04 Å². The van der Waals surface area contributed by atoms with Crippen LogP contribution in [0.1, 0.15) is 5.56 Å². The second-order valence-corrected chi connectivity index (χ2v) is 4.99. The first kappa shape index (κ1) is 13.0. The van der Waals surface area contributed by atoms with E-state index in [4.69, 9.17) is 16.0 Å². The molecule has 0 bridgehead atoms. The van der Waals surface area contributed by atoms with Crippen LogP contribution in [0.2, 0.25) is 0 Å². The first-order chi connectivity index (χ1) is 9.86. The number of benzene rings is 1. The zero-order chi connectivity index (χ0) is 13.8. The van der Waals surface area contributed by atoms with Crippen LogP contribution in [0.3, 0.4) is 0 Å². The number of rotatable bonds is 5. The lowest BCUT2D eigenvalue weighted by atomic mass is 10.1. The van der Waals surface area contributed by atoms with Crippen molar-refractivity contribution in [2.24, 2.45) is 0 Å². The minimum atomic E-state index is 0.132. The Morgan fingerprint density at radius 3 is 2.80 bits per heavy atom. The molecule has 0 radical (unpaired) electrons. The molecule has 2 aromatic heterocycles. The monoisotopic (exact) mass is 286 g/mol.